The number of aliphatic hydroxyl groups is 3. The first-order valence-electron chi connectivity index (χ1n) is 12.2. The number of hydrogen-bond donors (Lipinski definition) is 3. The van der Waals surface area contributed by atoms with Crippen molar-refractivity contribution in [2.75, 3.05) is 0 Å². The molecule has 3 nitrogen and oxygen atoms in total. The summed E-state index contributed by atoms with van der Waals surface area (Å²) >= 11 is 0. The van der Waals surface area contributed by atoms with Crippen LogP contribution in [0, 0.1) is 23.2 Å². The highest BCUT2D eigenvalue weighted by Gasteiger charge is 2.50. The van der Waals surface area contributed by atoms with Crippen LogP contribution in [-0.4, -0.2) is 33.1 Å². The van der Waals surface area contributed by atoms with Crippen LogP contribution >= 0.6 is 0 Å². The van der Waals surface area contributed by atoms with Crippen LogP contribution < -0.4 is 0 Å². The van der Waals surface area contributed by atoms with Gasteiger partial charge in [-0.15, -0.1) is 0 Å². The second kappa shape index (κ2) is 9.30. The van der Waals surface area contributed by atoms with Crippen LogP contribution in [0.25, 0.3) is 0 Å². The maximum absolute atomic E-state index is 10.4. The Labute approximate surface area is 184 Å². The van der Waals surface area contributed by atoms with Gasteiger partial charge in [-0.2, -0.15) is 0 Å². The zero-order valence-electron chi connectivity index (χ0n) is 19.7. The molecule has 0 aromatic rings. The van der Waals surface area contributed by atoms with Crippen molar-refractivity contribution in [2.45, 2.75) is 110 Å². The van der Waals surface area contributed by atoms with Gasteiger partial charge in [0.15, 0.2) is 0 Å². The number of hydrogen-bond acceptors (Lipinski definition) is 3. The van der Waals surface area contributed by atoms with Crippen LogP contribution in [0.1, 0.15) is 91.9 Å². The zero-order chi connectivity index (χ0) is 22.1. The third kappa shape index (κ3) is 5.11. The highest BCUT2D eigenvalue weighted by Crippen LogP contribution is 2.60. The molecule has 0 amide bonds. The number of rotatable bonds is 6. The molecule has 0 heterocycles. The Bertz CT molecular complexity index is 683. The van der Waals surface area contributed by atoms with Crippen LogP contribution in [0.3, 0.4) is 0 Å². The van der Waals surface area contributed by atoms with Crippen molar-refractivity contribution in [2.24, 2.45) is 23.2 Å². The van der Waals surface area contributed by atoms with Crippen molar-refractivity contribution < 1.29 is 15.3 Å². The van der Waals surface area contributed by atoms with E-state index >= 15 is 0 Å². The van der Waals surface area contributed by atoms with E-state index in [1.807, 2.05) is 13.8 Å². The van der Waals surface area contributed by atoms with Crippen molar-refractivity contribution in [3.05, 3.63) is 35.5 Å². The van der Waals surface area contributed by atoms with E-state index in [4.69, 9.17) is 0 Å². The van der Waals surface area contributed by atoms with Gasteiger partial charge in [0.25, 0.3) is 0 Å². The third-order valence-electron chi connectivity index (χ3n) is 8.48. The van der Waals surface area contributed by atoms with Gasteiger partial charge in [0.2, 0.25) is 0 Å². The lowest BCUT2D eigenvalue weighted by Gasteiger charge is -2.44. The maximum Gasteiger partial charge on any atom is 0.105 e. The number of fused-ring (bicyclic) bond motifs is 1. The molecule has 0 saturated heterocycles. The molecule has 0 unspecified atom stereocenters. The molecule has 3 aliphatic rings. The molecule has 3 saturated carbocycles. The Kier molecular flexibility index (Phi) is 7.37. The molecule has 6 atom stereocenters. The van der Waals surface area contributed by atoms with Gasteiger partial charge in [0.1, 0.15) is 6.10 Å². The van der Waals surface area contributed by atoms with Gasteiger partial charge in [-0.25, -0.2) is 0 Å². The van der Waals surface area contributed by atoms with Crippen molar-refractivity contribution in [3.63, 3.8) is 0 Å². The molecule has 3 aliphatic carbocycles. The Hall–Kier alpha value is -0.900. The summed E-state index contributed by atoms with van der Waals surface area (Å²) in [6.45, 7) is 12.9. The minimum atomic E-state index is -0.801. The Balaban J connectivity index is 1.72. The van der Waals surface area contributed by atoms with E-state index < -0.39 is 17.8 Å². The highest BCUT2D eigenvalue weighted by atomic mass is 16.3. The van der Waals surface area contributed by atoms with Crippen LogP contribution in [0.2, 0.25) is 0 Å². The zero-order valence-corrected chi connectivity index (χ0v) is 19.7. The minimum Gasteiger partial charge on any atom is -0.390 e. The number of aliphatic hydroxyl groups excluding tert-OH is 2. The van der Waals surface area contributed by atoms with E-state index in [1.54, 1.807) is 0 Å². The van der Waals surface area contributed by atoms with Crippen molar-refractivity contribution in [1.29, 1.82) is 0 Å². The Morgan fingerprint density at radius 3 is 2.60 bits per heavy atom. The Morgan fingerprint density at radius 2 is 1.90 bits per heavy atom. The summed E-state index contributed by atoms with van der Waals surface area (Å²) in [6.07, 6.45) is 13.6. The molecule has 0 aromatic heterocycles. The van der Waals surface area contributed by atoms with E-state index in [9.17, 15) is 15.3 Å². The predicted molar refractivity (Wildman–Crippen MR) is 124 cm³/mol. The van der Waals surface area contributed by atoms with E-state index in [2.05, 4.69) is 32.6 Å². The largest absolute Gasteiger partial charge is 0.390 e. The van der Waals surface area contributed by atoms with Crippen molar-refractivity contribution in [1.82, 2.24) is 0 Å². The molecule has 0 aromatic carbocycles. The first-order valence-corrected chi connectivity index (χ1v) is 12.2. The normalized spacial score (nSPS) is 38.8. The van der Waals surface area contributed by atoms with Gasteiger partial charge in [-0.05, 0) is 99.5 Å². The topological polar surface area (TPSA) is 60.7 Å². The van der Waals surface area contributed by atoms with Crippen LogP contribution in [0.4, 0.5) is 0 Å². The summed E-state index contributed by atoms with van der Waals surface area (Å²) in [5.41, 5.74) is 3.12. The van der Waals surface area contributed by atoms with Gasteiger partial charge in [0.05, 0.1) is 11.7 Å². The first-order chi connectivity index (χ1) is 14.0. The van der Waals surface area contributed by atoms with Crippen molar-refractivity contribution >= 4 is 0 Å². The third-order valence-corrected chi connectivity index (χ3v) is 8.48. The summed E-state index contributed by atoms with van der Waals surface area (Å²) in [7, 11) is 0. The SMILES string of the molecule is C=C1CC[C@H](O)[C@@H](O)/C1=C\C=C1/CCC[C@]2(C)[C@@H]([C@H](C)CCCC(C)(C)O)CC[C@@H]12. The maximum atomic E-state index is 10.4. The molecule has 0 radical (unpaired) electrons. The van der Waals surface area contributed by atoms with E-state index in [0.29, 0.717) is 23.7 Å². The minimum absolute atomic E-state index is 0.360. The molecule has 3 N–H and O–H groups in total. The van der Waals surface area contributed by atoms with Crippen LogP contribution in [0.15, 0.2) is 35.5 Å². The summed E-state index contributed by atoms with van der Waals surface area (Å²) in [4.78, 5) is 0. The molecular weight excluding hydrogens is 372 g/mol. The van der Waals surface area contributed by atoms with Gasteiger partial charge in [-0.1, -0.05) is 51.0 Å². The van der Waals surface area contributed by atoms with Crippen molar-refractivity contribution in [3.8, 4) is 0 Å². The van der Waals surface area contributed by atoms with E-state index in [0.717, 1.165) is 42.7 Å². The molecule has 30 heavy (non-hydrogen) atoms. The fourth-order valence-corrected chi connectivity index (χ4v) is 6.73. The monoisotopic (exact) mass is 416 g/mol. The molecule has 3 heteroatoms. The lowest BCUT2D eigenvalue weighted by molar-refractivity contribution is 0.0299. The summed E-state index contributed by atoms with van der Waals surface area (Å²) < 4.78 is 0. The van der Waals surface area contributed by atoms with Gasteiger partial charge in [0, 0.05) is 0 Å². The number of allylic oxidation sites excluding steroid dienone is 3. The second-order valence-electron chi connectivity index (χ2n) is 11.3. The average molecular weight is 417 g/mol. The molecular formula is C27H44O3. The fourth-order valence-electron chi connectivity index (χ4n) is 6.73. The summed E-state index contributed by atoms with van der Waals surface area (Å²) in [6, 6.07) is 0. The second-order valence-corrected chi connectivity index (χ2v) is 11.3. The van der Waals surface area contributed by atoms with Gasteiger partial charge < -0.3 is 15.3 Å². The summed E-state index contributed by atoms with van der Waals surface area (Å²) in [5.74, 6) is 2.07. The predicted octanol–water partition coefficient (Wildman–Crippen LogP) is 5.70. The summed E-state index contributed by atoms with van der Waals surface area (Å²) in [5, 5.41) is 30.5. The fraction of sp³-hybridized carbons (Fsp3) is 0.778. The van der Waals surface area contributed by atoms with Gasteiger partial charge >= 0.3 is 0 Å². The highest BCUT2D eigenvalue weighted by molar-refractivity contribution is 5.39. The molecule has 170 valence electrons. The quantitative estimate of drug-likeness (QED) is 0.520. The molecule has 3 rings (SSSR count). The van der Waals surface area contributed by atoms with Gasteiger partial charge in [-0.3, -0.25) is 0 Å². The van der Waals surface area contributed by atoms with E-state index in [-0.39, 0.29) is 0 Å². The molecule has 0 bridgehead atoms. The molecule has 0 spiro atoms. The molecule has 0 aliphatic heterocycles. The lowest BCUT2D eigenvalue weighted by atomic mass is 9.60. The lowest BCUT2D eigenvalue weighted by Crippen LogP contribution is -2.36. The van der Waals surface area contributed by atoms with Crippen LogP contribution in [-0.2, 0) is 0 Å². The average Bonchev–Trinajstić information content (AvgIpc) is 3.01. The van der Waals surface area contributed by atoms with Crippen LogP contribution in [0.5, 0.6) is 0 Å². The smallest absolute Gasteiger partial charge is 0.105 e. The van der Waals surface area contributed by atoms with E-state index in [1.165, 1.54) is 37.7 Å². The Morgan fingerprint density at radius 1 is 1.17 bits per heavy atom. The molecule has 3 fully saturated rings. The standard InChI is InChI=1S/C27H44O3/c1-18-10-15-24(28)25(29)21(18)12-11-20-9-7-17-27(5)22(13-14-23(20)27)19(2)8-6-16-26(3,4)30/h11-12,19,22-25,28-30H,1,6-10,13-17H2,2-5H3/b20-11+,21-12-/t19-,22-,23+,24+,25+,27-/m1/s1. The first kappa shape index (κ1) is 23.8.